The van der Waals surface area contributed by atoms with E-state index in [9.17, 15) is 4.79 Å². The van der Waals surface area contributed by atoms with E-state index in [4.69, 9.17) is 9.72 Å². The van der Waals surface area contributed by atoms with Gasteiger partial charge in [0, 0.05) is 23.5 Å². The summed E-state index contributed by atoms with van der Waals surface area (Å²) < 4.78 is 7.28. The van der Waals surface area contributed by atoms with Crippen LogP contribution in [0.15, 0.2) is 29.9 Å². The summed E-state index contributed by atoms with van der Waals surface area (Å²) in [6, 6.07) is 6.17. The number of carbonyl (C=O) groups excluding carboxylic acids is 1. The lowest BCUT2D eigenvalue weighted by Crippen LogP contribution is -2.22. The molecule has 136 valence electrons. The standard InChI is InChI=1S/C20H23N3O2S/c1-13-5-3-4-6-17(13)23-18-8-7-14(20(24)25-2)9-16(18)22-19(23)10-15-11-21-12-26-15/h7-9,11-13,17H,3-6,10H2,1-2H3. The number of hydrogen-bond donors (Lipinski definition) is 0. The predicted molar refractivity (Wildman–Crippen MR) is 103 cm³/mol. The Morgan fingerprint density at radius 2 is 2.19 bits per heavy atom. The molecule has 2 heterocycles. The third-order valence-electron chi connectivity index (χ3n) is 5.40. The number of esters is 1. The van der Waals surface area contributed by atoms with Crippen molar-refractivity contribution < 1.29 is 9.53 Å². The second-order valence-electron chi connectivity index (χ2n) is 7.07. The van der Waals surface area contributed by atoms with E-state index < -0.39 is 0 Å². The average Bonchev–Trinajstić information content (AvgIpc) is 3.28. The van der Waals surface area contributed by atoms with Gasteiger partial charge in [-0.05, 0) is 37.0 Å². The molecule has 0 spiro atoms. The third kappa shape index (κ3) is 3.14. The van der Waals surface area contributed by atoms with Gasteiger partial charge in [-0.15, -0.1) is 11.3 Å². The molecule has 4 rings (SSSR count). The van der Waals surface area contributed by atoms with Crippen molar-refractivity contribution in [3.63, 3.8) is 0 Å². The number of thiazole rings is 1. The van der Waals surface area contributed by atoms with Crippen molar-refractivity contribution in [3.8, 4) is 0 Å². The number of carbonyl (C=O) groups is 1. The smallest absolute Gasteiger partial charge is 0.337 e. The van der Waals surface area contributed by atoms with Crippen LogP contribution in [0.2, 0.25) is 0 Å². The van der Waals surface area contributed by atoms with Gasteiger partial charge in [0.05, 0.1) is 29.2 Å². The van der Waals surface area contributed by atoms with Gasteiger partial charge >= 0.3 is 5.97 Å². The highest BCUT2D eigenvalue weighted by molar-refractivity contribution is 7.09. The van der Waals surface area contributed by atoms with Crippen LogP contribution in [0, 0.1) is 5.92 Å². The molecule has 2 atom stereocenters. The van der Waals surface area contributed by atoms with Gasteiger partial charge in [-0.1, -0.05) is 19.8 Å². The maximum absolute atomic E-state index is 11.9. The number of hydrogen-bond acceptors (Lipinski definition) is 5. The minimum atomic E-state index is -0.323. The monoisotopic (exact) mass is 369 g/mol. The Morgan fingerprint density at radius 1 is 1.35 bits per heavy atom. The van der Waals surface area contributed by atoms with Gasteiger partial charge in [-0.3, -0.25) is 4.98 Å². The fourth-order valence-corrected chi connectivity index (χ4v) is 4.65. The van der Waals surface area contributed by atoms with Crippen LogP contribution < -0.4 is 0 Å². The first kappa shape index (κ1) is 17.2. The number of benzene rings is 1. The molecule has 26 heavy (non-hydrogen) atoms. The van der Waals surface area contributed by atoms with Crippen LogP contribution in [0.4, 0.5) is 0 Å². The van der Waals surface area contributed by atoms with Crippen molar-refractivity contribution in [2.24, 2.45) is 5.92 Å². The number of imidazole rings is 1. The molecule has 2 unspecified atom stereocenters. The van der Waals surface area contributed by atoms with Gasteiger partial charge in [0.1, 0.15) is 5.82 Å². The molecule has 1 aliphatic carbocycles. The quantitative estimate of drug-likeness (QED) is 0.630. The maximum Gasteiger partial charge on any atom is 0.337 e. The highest BCUT2D eigenvalue weighted by atomic mass is 32.1. The van der Waals surface area contributed by atoms with Crippen molar-refractivity contribution in [1.82, 2.24) is 14.5 Å². The number of rotatable bonds is 4. The van der Waals surface area contributed by atoms with Crippen molar-refractivity contribution in [1.29, 1.82) is 0 Å². The fraction of sp³-hybridized carbons (Fsp3) is 0.450. The minimum absolute atomic E-state index is 0.323. The highest BCUT2D eigenvalue weighted by Gasteiger charge is 2.27. The van der Waals surface area contributed by atoms with E-state index in [1.165, 1.54) is 37.7 Å². The molecule has 1 fully saturated rings. The van der Waals surface area contributed by atoms with E-state index in [1.54, 1.807) is 11.3 Å². The lowest BCUT2D eigenvalue weighted by atomic mass is 9.85. The zero-order chi connectivity index (χ0) is 18.1. The summed E-state index contributed by atoms with van der Waals surface area (Å²) >= 11 is 1.66. The van der Waals surface area contributed by atoms with E-state index in [-0.39, 0.29) is 5.97 Å². The fourth-order valence-electron chi connectivity index (χ4n) is 4.05. The summed E-state index contributed by atoms with van der Waals surface area (Å²) in [4.78, 5) is 22.2. The van der Waals surface area contributed by atoms with Gasteiger partial charge in [-0.2, -0.15) is 0 Å². The van der Waals surface area contributed by atoms with E-state index >= 15 is 0 Å². The molecule has 0 amide bonds. The number of aromatic nitrogens is 3. The van der Waals surface area contributed by atoms with Crippen LogP contribution >= 0.6 is 11.3 Å². The third-order valence-corrected chi connectivity index (χ3v) is 6.18. The minimum Gasteiger partial charge on any atom is -0.465 e. The first-order valence-corrected chi connectivity index (χ1v) is 10.0. The van der Waals surface area contributed by atoms with Gasteiger partial charge in [0.2, 0.25) is 0 Å². The Labute approximate surface area is 157 Å². The number of methoxy groups -OCH3 is 1. The largest absolute Gasteiger partial charge is 0.465 e. The molecule has 1 aliphatic rings. The van der Waals surface area contributed by atoms with Crippen LogP contribution in [0.1, 0.15) is 59.7 Å². The first-order chi connectivity index (χ1) is 12.7. The second kappa shape index (κ2) is 7.19. The molecule has 0 bridgehead atoms. The molecule has 1 saturated carbocycles. The van der Waals surface area contributed by atoms with Gasteiger partial charge < -0.3 is 9.30 Å². The van der Waals surface area contributed by atoms with Crippen LogP contribution in [0.5, 0.6) is 0 Å². The molecular weight excluding hydrogens is 346 g/mol. The molecule has 0 saturated heterocycles. The summed E-state index contributed by atoms with van der Waals surface area (Å²) in [5.74, 6) is 1.36. The van der Waals surface area contributed by atoms with E-state index in [0.717, 1.165) is 23.3 Å². The maximum atomic E-state index is 11.9. The number of ether oxygens (including phenoxy) is 1. The summed E-state index contributed by atoms with van der Waals surface area (Å²) in [5, 5.41) is 0. The Balaban J connectivity index is 1.83. The van der Waals surface area contributed by atoms with Crippen LogP contribution in [-0.2, 0) is 11.2 Å². The Bertz CT molecular complexity index is 917. The predicted octanol–water partition coefficient (Wildman–Crippen LogP) is 4.62. The molecule has 0 N–H and O–H groups in total. The van der Waals surface area contributed by atoms with E-state index in [1.807, 2.05) is 29.9 Å². The van der Waals surface area contributed by atoms with Crippen molar-refractivity contribution in [2.75, 3.05) is 7.11 Å². The molecule has 0 aliphatic heterocycles. The van der Waals surface area contributed by atoms with E-state index in [2.05, 4.69) is 16.5 Å². The molecule has 2 aromatic heterocycles. The molecule has 3 aromatic rings. The van der Waals surface area contributed by atoms with E-state index in [0.29, 0.717) is 17.5 Å². The van der Waals surface area contributed by atoms with Gasteiger partial charge in [-0.25, -0.2) is 9.78 Å². The molecule has 5 nitrogen and oxygen atoms in total. The Morgan fingerprint density at radius 3 is 2.92 bits per heavy atom. The number of fused-ring (bicyclic) bond motifs is 1. The topological polar surface area (TPSA) is 57.0 Å². The zero-order valence-corrected chi connectivity index (χ0v) is 16.0. The summed E-state index contributed by atoms with van der Waals surface area (Å²) in [5.41, 5.74) is 4.38. The summed E-state index contributed by atoms with van der Waals surface area (Å²) in [7, 11) is 1.41. The van der Waals surface area contributed by atoms with Crippen LogP contribution in [0.3, 0.4) is 0 Å². The lowest BCUT2D eigenvalue weighted by molar-refractivity contribution is 0.0601. The summed E-state index contributed by atoms with van der Waals surface area (Å²) in [6.45, 7) is 2.34. The van der Waals surface area contributed by atoms with Gasteiger partial charge in [0.25, 0.3) is 0 Å². The second-order valence-corrected chi connectivity index (χ2v) is 8.04. The Kier molecular flexibility index (Phi) is 4.76. The zero-order valence-electron chi connectivity index (χ0n) is 15.1. The van der Waals surface area contributed by atoms with Crippen LogP contribution in [0.25, 0.3) is 11.0 Å². The van der Waals surface area contributed by atoms with Crippen molar-refractivity contribution in [3.05, 3.63) is 46.2 Å². The number of nitrogens with zero attached hydrogens (tertiary/aromatic N) is 3. The normalized spacial score (nSPS) is 20.4. The Hall–Kier alpha value is -2.21. The molecule has 6 heteroatoms. The molecule has 0 radical (unpaired) electrons. The SMILES string of the molecule is COC(=O)c1ccc2c(c1)nc(Cc1cncs1)n2C1CCCCC1C. The average molecular weight is 369 g/mol. The summed E-state index contributed by atoms with van der Waals surface area (Å²) in [6.07, 6.45) is 7.69. The van der Waals surface area contributed by atoms with Gasteiger partial charge in [0.15, 0.2) is 0 Å². The lowest BCUT2D eigenvalue weighted by Gasteiger charge is -2.31. The first-order valence-electron chi connectivity index (χ1n) is 9.14. The molecule has 1 aromatic carbocycles. The van der Waals surface area contributed by atoms with Crippen molar-refractivity contribution >= 4 is 28.3 Å². The highest BCUT2D eigenvalue weighted by Crippen LogP contribution is 2.37. The molecular formula is C20H23N3O2S. The van der Waals surface area contributed by atoms with Crippen molar-refractivity contribution in [2.45, 2.75) is 45.1 Å². The van der Waals surface area contributed by atoms with Crippen LogP contribution in [-0.4, -0.2) is 27.6 Å².